The van der Waals surface area contributed by atoms with E-state index in [1.54, 1.807) is 25.2 Å². The first-order valence-electron chi connectivity index (χ1n) is 8.76. The molecule has 0 saturated carbocycles. The molecule has 0 bridgehead atoms. The Labute approximate surface area is 162 Å². The topological polar surface area (TPSA) is 110 Å². The fourth-order valence-electron chi connectivity index (χ4n) is 2.93. The van der Waals surface area contributed by atoms with Crippen molar-refractivity contribution in [1.82, 2.24) is 20.2 Å². The molecular formula is C19H21N5O4. The molecule has 2 aromatic rings. The number of carbonyl (C=O) groups excluding carboxylic acids is 1. The number of ether oxygens (including phenoxy) is 3. The van der Waals surface area contributed by atoms with Crippen LogP contribution in [0.15, 0.2) is 30.6 Å². The third kappa shape index (κ3) is 4.40. The van der Waals surface area contributed by atoms with Gasteiger partial charge in [0.15, 0.2) is 11.5 Å². The Kier molecular flexibility index (Phi) is 6.11. The quantitative estimate of drug-likeness (QED) is 0.809. The second-order valence-electron chi connectivity index (χ2n) is 6.14. The van der Waals surface area contributed by atoms with E-state index in [9.17, 15) is 4.79 Å². The number of rotatable bonds is 6. The highest BCUT2D eigenvalue weighted by Crippen LogP contribution is 2.27. The minimum absolute atomic E-state index is 0.138. The lowest BCUT2D eigenvalue weighted by atomic mass is 10.2. The van der Waals surface area contributed by atoms with Gasteiger partial charge in [0.2, 0.25) is 5.69 Å². The van der Waals surface area contributed by atoms with Crippen molar-refractivity contribution in [1.29, 1.82) is 5.26 Å². The largest absolute Gasteiger partial charge is 0.493 e. The highest BCUT2D eigenvalue weighted by atomic mass is 16.5. The summed E-state index contributed by atoms with van der Waals surface area (Å²) in [5.74, 6) is 1.45. The highest BCUT2D eigenvalue weighted by Gasteiger charge is 2.28. The van der Waals surface area contributed by atoms with E-state index < -0.39 is 0 Å². The number of hydrogen-bond acceptors (Lipinski definition) is 7. The number of urea groups is 1. The lowest BCUT2D eigenvalue weighted by molar-refractivity contribution is 0.182. The maximum atomic E-state index is 12.4. The molecule has 9 heteroatoms. The summed E-state index contributed by atoms with van der Waals surface area (Å²) in [4.78, 5) is 22.1. The molecule has 28 heavy (non-hydrogen) atoms. The molecule has 1 atom stereocenters. The van der Waals surface area contributed by atoms with Crippen LogP contribution in [0, 0.1) is 11.3 Å². The van der Waals surface area contributed by atoms with Gasteiger partial charge in [0.25, 0.3) is 5.88 Å². The molecular weight excluding hydrogens is 362 g/mol. The number of nitrogens with one attached hydrogen (secondary N) is 1. The summed E-state index contributed by atoms with van der Waals surface area (Å²) >= 11 is 0. The molecule has 9 nitrogen and oxygen atoms in total. The zero-order valence-electron chi connectivity index (χ0n) is 15.7. The Hall–Kier alpha value is -3.54. The fraction of sp³-hybridized carbons (Fsp3) is 0.368. The lowest BCUT2D eigenvalue weighted by Crippen LogP contribution is -2.39. The Morgan fingerprint density at radius 2 is 2.07 bits per heavy atom. The van der Waals surface area contributed by atoms with Crippen LogP contribution in [0.5, 0.6) is 17.4 Å². The molecule has 1 saturated heterocycles. The van der Waals surface area contributed by atoms with Crippen LogP contribution < -0.4 is 19.5 Å². The second-order valence-corrected chi connectivity index (χ2v) is 6.14. The average Bonchev–Trinajstić information content (AvgIpc) is 3.20. The van der Waals surface area contributed by atoms with Gasteiger partial charge in [-0.15, -0.1) is 0 Å². The zero-order chi connectivity index (χ0) is 19.9. The van der Waals surface area contributed by atoms with E-state index in [0.717, 1.165) is 5.56 Å². The van der Waals surface area contributed by atoms with Crippen LogP contribution in [0.25, 0.3) is 0 Å². The summed E-state index contributed by atoms with van der Waals surface area (Å²) in [6.07, 6.45) is 3.34. The number of likely N-dealkylation sites (tertiary alicyclic amines) is 1. The monoisotopic (exact) mass is 383 g/mol. The first-order chi connectivity index (χ1) is 13.6. The van der Waals surface area contributed by atoms with Crippen LogP contribution >= 0.6 is 0 Å². The summed E-state index contributed by atoms with van der Waals surface area (Å²) in [6, 6.07) is 7.26. The average molecular weight is 383 g/mol. The minimum atomic E-state index is -0.226. The molecule has 1 aromatic heterocycles. The van der Waals surface area contributed by atoms with Gasteiger partial charge in [0.05, 0.1) is 20.8 Å². The molecule has 1 aliphatic rings. The molecule has 1 unspecified atom stereocenters. The standard InChI is InChI=1S/C19H21N5O4/c1-26-16-4-3-13(9-17(16)27-2)11-23-19(25)24-8-5-14(12-24)28-18-15(10-20)21-6-7-22-18/h3-4,6-7,9,14H,5,8,11-12H2,1-2H3,(H,23,25). The molecule has 2 heterocycles. The number of nitrogens with zero attached hydrogens (tertiary/aromatic N) is 4. The van der Waals surface area contributed by atoms with E-state index in [1.807, 2.05) is 18.2 Å². The molecule has 2 amide bonds. The molecule has 1 aliphatic heterocycles. The van der Waals surface area contributed by atoms with Crippen LogP contribution in [-0.2, 0) is 6.54 Å². The lowest BCUT2D eigenvalue weighted by Gasteiger charge is -2.18. The number of carbonyl (C=O) groups is 1. The van der Waals surface area contributed by atoms with Crippen molar-refractivity contribution in [2.24, 2.45) is 0 Å². The Morgan fingerprint density at radius 3 is 2.82 bits per heavy atom. The van der Waals surface area contributed by atoms with Crippen LogP contribution in [0.4, 0.5) is 4.79 Å². The van der Waals surface area contributed by atoms with Gasteiger partial charge < -0.3 is 24.4 Å². The summed E-state index contributed by atoms with van der Waals surface area (Å²) in [5.41, 5.74) is 1.04. The number of hydrogen-bond donors (Lipinski definition) is 1. The van der Waals surface area contributed by atoms with Gasteiger partial charge in [-0.25, -0.2) is 14.8 Å². The van der Waals surface area contributed by atoms with E-state index >= 15 is 0 Å². The van der Waals surface area contributed by atoms with E-state index in [1.165, 1.54) is 12.4 Å². The fourth-order valence-corrected chi connectivity index (χ4v) is 2.93. The summed E-state index contributed by atoms with van der Waals surface area (Å²) in [7, 11) is 3.14. The SMILES string of the molecule is COc1ccc(CNC(=O)N2CCC(Oc3nccnc3C#N)C2)cc1OC. The predicted molar refractivity (Wildman–Crippen MR) is 99.1 cm³/mol. The van der Waals surface area contributed by atoms with Gasteiger partial charge in [-0.2, -0.15) is 5.26 Å². The third-order valence-corrected chi connectivity index (χ3v) is 4.37. The third-order valence-electron chi connectivity index (χ3n) is 4.37. The van der Waals surface area contributed by atoms with Crippen molar-refractivity contribution in [3.8, 4) is 23.4 Å². The zero-order valence-corrected chi connectivity index (χ0v) is 15.7. The number of benzene rings is 1. The molecule has 1 N–H and O–H groups in total. The number of aromatic nitrogens is 2. The van der Waals surface area contributed by atoms with E-state index in [2.05, 4.69) is 15.3 Å². The van der Waals surface area contributed by atoms with Gasteiger partial charge in [0.1, 0.15) is 12.2 Å². The predicted octanol–water partition coefficient (Wildman–Crippen LogP) is 1.73. The van der Waals surface area contributed by atoms with E-state index in [4.69, 9.17) is 19.5 Å². The summed E-state index contributed by atoms with van der Waals surface area (Å²) in [6.45, 7) is 1.34. The van der Waals surface area contributed by atoms with Crippen molar-refractivity contribution in [2.75, 3.05) is 27.3 Å². The molecule has 3 rings (SSSR count). The normalized spacial score (nSPS) is 15.6. The maximum Gasteiger partial charge on any atom is 0.317 e. The van der Waals surface area contributed by atoms with Crippen molar-refractivity contribution in [3.63, 3.8) is 0 Å². The first-order valence-corrected chi connectivity index (χ1v) is 8.76. The number of methoxy groups -OCH3 is 2. The molecule has 1 fully saturated rings. The van der Waals surface area contributed by atoms with Crippen molar-refractivity contribution < 1.29 is 19.0 Å². The Balaban J connectivity index is 1.53. The van der Waals surface area contributed by atoms with Crippen molar-refractivity contribution in [3.05, 3.63) is 41.9 Å². The van der Waals surface area contributed by atoms with E-state index in [0.29, 0.717) is 37.6 Å². The van der Waals surface area contributed by atoms with E-state index in [-0.39, 0.29) is 23.7 Å². The Bertz CT molecular complexity index is 883. The minimum Gasteiger partial charge on any atom is -0.493 e. The second kappa shape index (κ2) is 8.90. The molecule has 146 valence electrons. The van der Waals surface area contributed by atoms with Gasteiger partial charge in [-0.3, -0.25) is 0 Å². The van der Waals surface area contributed by atoms with Gasteiger partial charge in [0, 0.05) is 31.9 Å². The first kappa shape index (κ1) is 19.2. The highest BCUT2D eigenvalue weighted by molar-refractivity contribution is 5.74. The maximum absolute atomic E-state index is 12.4. The van der Waals surface area contributed by atoms with Crippen LogP contribution in [-0.4, -0.2) is 54.3 Å². The van der Waals surface area contributed by atoms with Crippen LogP contribution in [0.2, 0.25) is 0 Å². The number of amides is 2. The number of nitriles is 1. The smallest absolute Gasteiger partial charge is 0.317 e. The van der Waals surface area contributed by atoms with Crippen LogP contribution in [0.3, 0.4) is 0 Å². The summed E-state index contributed by atoms with van der Waals surface area (Å²) in [5, 5.41) is 11.9. The molecule has 0 aliphatic carbocycles. The molecule has 1 aromatic carbocycles. The molecule has 0 radical (unpaired) electrons. The van der Waals surface area contributed by atoms with Crippen molar-refractivity contribution in [2.45, 2.75) is 19.1 Å². The van der Waals surface area contributed by atoms with Crippen molar-refractivity contribution >= 4 is 6.03 Å². The van der Waals surface area contributed by atoms with Gasteiger partial charge in [-0.1, -0.05) is 6.07 Å². The summed E-state index contributed by atoms with van der Waals surface area (Å²) < 4.78 is 16.2. The van der Waals surface area contributed by atoms with Gasteiger partial charge >= 0.3 is 6.03 Å². The van der Waals surface area contributed by atoms with Crippen LogP contribution in [0.1, 0.15) is 17.7 Å². The van der Waals surface area contributed by atoms with Gasteiger partial charge in [-0.05, 0) is 17.7 Å². The molecule has 0 spiro atoms. The Morgan fingerprint density at radius 1 is 1.29 bits per heavy atom.